The van der Waals surface area contributed by atoms with E-state index in [1.54, 1.807) is 30.4 Å². The third-order valence-corrected chi connectivity index (χ3v) is 4.58. The van der Waals surface area contributed by atoms with Gasteiger partial charge in [0, 0.05) is 0 Å². The van der Waals surface area contributed by atoms with E-state index in [-0.39, 0.29) is 12.4 Å². The number of aliphatic hydroxyl groups is 5. The number of methoxy groups -OCH3 is 1. The summed E-state index contributed by atoms with van der Waals surface area (Å²) in [4.78, 5) is 11.7. The van der Waals surface area contributed by atoms with Gasteiger partial charge in [0.25, 0.3) is 0 Å². The Morgan fingerprint density at radius 2 is 1.90 bits per heavy atom. The minimum Gasteiger partial charge on any atom is -0.493 e. The van der Waals surface area contributed by atoms with Gasteiger partial charge in [-0.3, -0.25) is 4.79 Å². The highest BCUT2D eigenvalue weighted by Gasteiger charge is 2.45. The van der Waals surface area contributed by atoms with Crippen LogP contribution in [-0.4, -0.2) is 89.1 Å². The Balaban J connectivity index is 2.12. The topological polar surface area (TPSA) is 155 Å². The fraction of sp³-hybridized carbons (Fsp3) is 0.550. The molecular weight excluding hydrogens is 400 g/mol. The smallest absolute Gasteiger partial charge is 0.311 e. The molecule has 168 valence electrons. The summed E-state index contributed by atoms with van der Waals surface area (Å²) in [5, 5.41) is 48.4. The van der Waals surface area contributed by atoms with Crippen LogP contribution in [0.3, 0.4) is 0 Å². The molecule has 0 spiro atoms. The molecule has 1 saturated heterocycles. The third kappa shape index (κ3) is 5.91. The van der Waals surface area contributed by atoms with Crippen LogP contribution in [0.25, 0.3) is 6.08 Å². The zero-order chi connectivity index (χ0) is 22.3. The van der Waals surface area contributed by atoms with Crippen molar-refractivity contribution in [2.24, 2.45) is 5.92 Å². The third-order valence-electron chi connectivity index (χ3n) is 4.58. The van der Waals surface area contributed by atoms with E-state index < -0.39 is 55.8 Å². The van der Waals surface area contributed by atoms with Gasteiger partial charge in [-0.05, 0) is 24.6 Å². The van der Waals surface area contributed by atoms with Crippen LogP contribution in [0.2, 0.25) is 0 Å². The lowest BCUT2D eigenvalue weighted by molar-refractivity contribution is -0.279. The van der Waals surface area contributed by atoms with E-state index in [4.69, 9.17) is 29.2 Å². The number of aliphatic hydroxyl groups excluding tert-OH is 5. The molecule has 1 fully saturated rings. The van der Waals surface area contributed by atoms with Gasteiger partial charge in [0.2, 0.25) is 6.29 Å². The molecule has 0 amide bonds. The van der Waals surface area contributed by atoms with Crippen molar-refractivity contribution >= 4 is 12.0 Å². The Labute approximate surface area is 173 Å². The fourth-order valence-electron chi connectivity index (χ4n) is 2.73. The maximum atomic E-state index is 11.7. The first-order chi connectivity index (χ1) is 14.3. The molecule has 30 heavy (non-hydrogen) atoms. The monoisotopic (exact) mass is 428 g/mol. The van der Waals surface area contributed by atoms with Crippen molar-refractivity contribution in [2.45, 2.75) is 37.6 Å². The Morgan fingerprint density at radius 1 is 1.17 bits per heavy atom. The molecule has 1 aliphatic rings. The van der Waals surface area contributed by atoms with Gasteiger partial charge in [0.1, 0.15) is 31.0 Å². The van der Waals surface area contributed by atoms with E-state index in [2.05, 4.69) is 0 Å². The molecule has 6 atom stereocenters. The van der Waals surface area contributed by atoms with Crippen molar-refractivity contribution in [1.29, 1.82) is 0 Å². The highest BCUT2D eigenvalue weighted by molar-refractivity contribution is 5.72. The lowest BCUT2D eigenvalue weighted by Gasteiger charge is -2.40. The van der Waals surface area contributed by atoms with Crippen LogP contribution in [0.5, 0.6) is 11.5 Å². The molecular formula is C20H28O10. The van der Waals surface area contributed by atoms with Crippen LogP contribution in [0.4, 0.5) is 0 Å². The van der Waals surface area contributed by atoms with Crippen molar-refractivity contribution in [1.82, 2.24) is 0 Å². The lowest BCUT2D eigenvalue weighted by atomic mass is 9.99. The van der Waals surface area contributed by atoms with Crippen LogP contribution in [0, 0.1) is 5.92 Å². The van der Waals surface area contributed by atoms with Crippen LogP contribution in [0.1, 0.15) is 12.5 Å². The van der Waals surface area contributed by atoms with Crippen molar-refractivity contribution in [3.05, 3.63) is 29.8 Å². The molecule has 1 aromatic carbocycles. The quantitative estimate of drug-likeness (QED) is 0.311. The highest BCUT2D eigenvalue weighted by atomic mass is 16.7. The molecule has 1 aliphatic heterocycles. The SMILES string of the molecule is COc1cc(/C=C/CO)ccc1OC1OC(COC(=O)C(C)CO)C(O)C(O)C1O. The molecule has 5 N–H and O–H groups in total. The number of benzene rings is 1. The highest BCUT2D eigenvalue weighted by Crippen LogP contribution is 2.32. The van der Waals surface area contributed by atoms with Gasteiger partial charge in [0.05, 0.1) is 26.2 Å². The molecule has 0 bridgehead atoms. The maximum absolute atomic E-state index is 11.7. The van der Waals surface area contributed by atoms with Crippen molar-refractivity contribution in [3.8, 4) is 11.5 Å². The van der Waals surface area contributed by atoms with E-state index in [9.17, 15) is 20.1 Å². The molecule has 0 saturated carbocycles. The Morgan fingerprint density at radius 3 is 2.53 bits per heavy atom. The van der Waals surface area contributed by atoms with Crippen molar-refractivity contribution < 1.29 is 49.3 Å². The molecule has 10 heteroatoms. The van der Waals surface area contributed by atoms with Gasteiger partial charge in [-0.15, -0.1) is 0 Å². The van der Waals surface area contributed by atoms with E-state index in [1.165, 1.54) is 14.0 Å². The molecule has 10 nitrogen and oxygen atoms in total. The van der Waals surface area contributed by atoms with Gasteiger partial charge in [0.15, 0.2) is 11.5 Å². The summed E-state index contributed by atoms with van der Waals surface area (Å²) in [5.41, 5.74) is 0.733. The van der Waals surface area contributed by atoms with Crippen LogP contribution < -0.4 is 9.47 Å². The normalized spacial score (nSPS) is 27.6. The molecule has 0 radical (unpaired) electrons. The maximum Gasteiger partial charge on any atom is 0.311 e. The summed E-state index contributed by atoms with van der Waals surface area (Å²) < 4.78 is 21.4. The minimum atomic E-state index is -1.61. The van der Waals surface area contributed by atoms with Crippen LogP contribution in [-0.2, 0) is 14.3 Å². The number of hydrogen-bond acceptors (Lipinski definition) is 10. The van der Waals surface area contributed by atoms with Gasteiger partial charge >= 0.3 is 5.97 Å². The number of ether oxygens (including phenoxy) is 4. The number of esters is 1. The minimum absolute atomic E-state index is 0.119. The largest absolute Gasteiger partial charge is 0.493 e. The first kappa shape index (κ1) is 24.1. The van der Waals surface area contributed by atoms with Crippen LogP contribution >= 0.6 is 0 Å². The lowest BCUT2D eigenvalue weighted by Crippen LogP contribution is -2.60. The molecule has 1 aromatic rings. The summed E-state index contributed by atoms with van der Waals surface area (Å²) in [6.07, 6.45) is -4.04. The number of rotatable bonds is 9. The van der Waals surface area contributed by atoms with Crippen molar-refractivity contribution in [2.75, 3.05) is 26.9 Å². The summed E-state index contributed by atoms with van der Waals surface area (Å²) >= 11 is 0. The number of hydrogen-bond donors (Lipinski definition) is 5. The number of carbonyl (C=O) groups excluding carboxylic acids is 1. The summed E-state index contributed by atoms with van der Waals surface area (Å²) in [5.74, 6) is -0.933. The zero-order valence-corrected chi connectivity index (χ0v) is 16.7. The average Bonchev–Trinajstić information content (AvgIpc) is 2.76. The summed E-state index contributed by atoms with van der Waals surface area (Å²) in [7, 11) is 1.42. The van der Waals surface area contributed by atoms with Crippen molar-refractivity contribution in [3.63, 3.8) is 0 Å². The van der Waals surface area contributed by atoms with Gasteiger partial charge in [-0.1, -0.05) is 18.2 Å². The van der Waals surface area contributed by atoms with E-state index in [1.807, 2.05) is 0 Å². The molecule has 0 aliphatic carbocycles. The van der Waals surface area contributed by atoms with Gasteiger partial charge < -0.3 is 44.5 Å². The zero-order valence-electron chi connectivity index (χ0n) is 16.7. The Kier molecular flexibility index (Phi) is 9.03. The first-order valence-corrected chi connectivity index (χ1v) is 9.41. The molecule has 6 unspecified atom stereocenters. The Bertz CT molecular complexity index is 722. The molecule has 0 aromatic heterocycles. The van der Waals surface area contributed by atoms with E-state index in [0.717, 1.165) is 5.56 Å². The summed E-state index contributed by atoms with van der Waals surface area (Å²) in [6.45, 7) is 0.544. The van der Waals surface area contributed by atoms with Gasteiger partial charge in [-0.25, -0.2) is 0 Å². The molecule has 2 rings (SSSR count). The standard InChI is InChI=1S/C20H28O10/c1-11(9-22)19(26)28-10-15-16(23)17(24)18(25)20(30-15)29-13-6-5-12(4-3-7-21)8-14(13)27-2/h3-6,8,11,15-18,20-25H,7,9-10H2,1-2H3/b4-3+. The average molecular weight is 428 g/mol. The number of carbonyl (C=O) groups is 1. The van der Waals surface area contributed by atoms with E-state index in [0.29, 0.717) is 5.75 Å². The van der Waals surface area contributed by atoms with Crippen LogP contribution in [0.15, 0.2) is 24.3 Å². The predicted molar refractivity (Wildman–Crippen MR) is 104 cm³/mol. The van der Waals surface area contributed by atoms with E-state index >= 15 is 0 Å². The predicted octanol–water partition coefficient (Wildman–Crippen LogP) is -0.941. The second-order valence-corrected chi connectivity index (χ2v) is 6.84. The fourth-order valence-corrected chi connectivity index (χ4v) is 2.73. The second-order valence-electron chi connectivity index (χ2n) is 6.84. The molecule has 1 heterocycles. The van der Waals surface area contributed by atoms with Gasteiger partial charge in [-0.2, -0.15) is 0 Å². The first-order valence-electron chi connectivity index (χ1n) is 9.41. The summed E-state index contributed by atoms with van der Waals surface area (Å²) in [6, 6.07) is 4.87. The Hall–Kier alpha value is -2.21. The second kappa shape index (κ2) is 11.3.